The van der Waals surface area contributed by atoms with Crippen LogP contribution in [0.25, 0.3) is 0 Å². The number of nitrogens with one attached hydrogen (secondary N) is 1. The normalized spacial score (nSPS) is 12.1. The highest BCUT2D eigenvalue weighted by Gasteiger charge is 2.16. The van der Waals surface area contributed by atoms with Gasteiger partial charge in [-0.2, -0.15) is 11.3 Å². The third kappa shape index (κ3) is 3.27. The molecule has 1 aromatic heterocycles. The fourth-order valence-electron chi connectivity index (χ4n) is 1.59. The zero-order chi connectivity index (χ0) is 13.8. The van der Waals surface area contributed by atoms with Crippen molar-refractivity contribution < 1.29 is 14.4 Å². The van der Waals surface area contributed by atoms with Crippen molar-refractivity contribution in [2.75, 3.05) is 11.9 Å². The summed E-state index contributed by atoms with van der Waals surface area (Å²) in [4.78, 5) is 10.1. The molecule has 0 amide bonds. The molecule has 100 valence electrons. The first-order valence-corrected chi connectivity index (χ1v) is 6.40. The lowest BCUT2D eigenvalue weighted by Crippen LogP contribution is -2.12. The number of halogens is 1. The van der Waals surface area contributed by atoms with E-state index < -0.39 is 16.8 Å². The van der Waals surface area contributed by atoms with Gasteiger partial charge in [-0.3, -0.25) is 10.1 Å². The van der Waals surface area contributed by atoms with E-state index >= 15 is 0 Å². The Labute approximate surface area is 112 Å². The second kappa shape index (κ2) is 5.77. The third-order valence-corrected chi connectivity index (χ3v) is 3.27. The number of aliphatic hydroxyl groups is 1. The molecule has 0 aliphatic carbocycles. The van der Waals surface area contributed by atoms with Crippen LogP contribution >= 0.6 is 11.3 Å². The topological polar surface area (TPSA) is 75.4 Å². The van der Waals surface area contributed by atoms with Gasteiger partial charge in [0.15, 0.2) is 0 Å². The summed E-state index contributed by atoms with van der Waals surface area (Å²) in [6, 6.07) is 5.04. The minimum atomic E-state index is -0.768. The first-order chi connectivity index (χ1) is 9.08. The molecule has 1 atom stereocenters. The molecule has 0 saturated heterocycles. The molecule has 2 N–H and O–H groups in total. The highest BCUT2D eigenvalue weighted by Crippen LogP contribution is 2.26. The van der Waals surface area contributed by atoms with Crippen molar-refractivity contribution in [3.63, 3.8) is 0 Å². The number of thiophene rings is 1. The van der Waals surface area contributed by atoms with E-state index in [0.29, 0.717) is 0 Å². The highest BCUT2D eigenvalue weighted by molar-refractivity contribution is 7.07. The molecule has 0 radical (unpaired) electrons. The summed E-state index contributed by atoms with van der Waals surface area (Å²) in [6.45, 7) is 0.114. The van der Waals surface area contributed by atoms with Crippen LogP contribution in [0.15, 0.2) is 35.0 Å². The number of hydrogen-bond donors (Lipinski definition) is 2. The van der Waals surface area contributed by atoms with Gasteiger partial charge in [0.1, 0.15) is 11.5 Å². The van der Waals surface area contributed by atoms with E-state index in [2.05, 4.69) is 5.32 Å². The van der Waals surface area contributed by atoms with Gasteiger partial charge in [-0.15, -0.1) is 0 Å². The Morgan fingerprint density at radius 3 is 2.89 bits per heavy atom. The summed E-state index contributed by atoms with van der Waals surface area (Å²) in [7, 11) is 0. The predicted octanol–water partition coefficient (Wildman–Crippen LogP) is 2.94. The van der Waals surface area contributed by atoms with Crippen molar-refractivity contribution in [1.29, 1.82) is 0 Å². The number of benzene rings is 1. The van der Waals surface area contributed by atoms with Crippen molar-refractivity contribution in [1.82, 2.24) is 0 Å². The van der Waals surface area contributed by atoms with Gasteiger partial charge >= 0.3 is 0 Å². The summed E-state index contributed by atoms with van der Waals surface area (Å²) in [5, 5.41) is 27.0. The number of aliphatic hydroxyl groups excluding tert-OH is 1. The number of hydrogen-bond acceptors (Lipinski definition) is 5. The monoisotopic (exact) mass is 282 g/mol. The van der Waals surface area contributed by atoms with Gasteiger partial charge in [-0.1, -0.05) is 0 Å². The van der Waals surface area contributed by atoms with E-state index in [4.69, 9.17) is 0 Å². The van der Waals surface area contributed by atoms with E-state index in [1.807, 2.05) is 5.38 Å². The maximum absolute atomic E-state index is 12.9. The molecule has 19 heavy (non-hydrogen) atoms. The lowest BCUT2D eigenvalue weighted by molar-refractivity contribution is -0.384. The van der Waals surface area contributed by atoms with Crippen LogP contribution in [0.4, 0.5) is 15.8 Å². The zero-order valence-corrected chi connectivity index (χ0v) is 10.6. The van der Waals surface area contributed by atoms with E-state index in [-0.39, 0.29) is 17.9 Å². The second-order valence-corrected chi connectivity index (χ2v) is 4.65. The molecule has 1 aromatic carbocycles. The van der Waals surface area contributed by atoms with Gasteiger partial charge in [-0.05, 0) is 34.5 Å². The lowest BCUT2D eigenvalue weighted by Gasteiger charge is -2.11. The molecule has 2 aromatic rings. The molecule has 0 aliphatic rings. The molecule has 5 nitrogen and oxygen atoms in total. The van der Waals surface area contributed by atoms with E-state index in [1.165, 1.54) is 17.4 Å². The number of rotatable bonds is 5. The molecule has 2 rings (SSSR count). The maximum Gasteiger partial charge on any atom is 0.295 e. The zero-order valence-electron chi connectivity index (χ0n) is 9.75. The largest absolute Gasteiger partial charge is 0.387 e. The fourth-order valence-corrected chi connectivity index (χ4v) is 2.30. The van der Waals surface area contributed by atoms with Crippen LogP contribution in [-0.4, -0.2) is 16.6 Å². The standard InChI is InChI=1S/C12H11FN2O3S/c13-9-1-2-10(11(5-9)15(17)18)14-6-12(16)8-3-4-19-7-8/h1-5,7,12,14,16H,6H2. The van der Waals surface area contributed by atoms with Crippen molar-refractivity contribution in [3.05, 3.63) is 56.5 Å². The molecule has 7 heteroatoms. The van der Waals surface area contributed by atoms with E-state index in [1.54, 1.807) is 11.4 Å². The quantitative estimate of drug-likeness (QED) is 0.653. The predicted molar refractivity (Wildman–Crippen MR) is 70.8 cm³/mol. The molecular formula is C12H11FN2O3S. The number of nitro benzene ring substituents is 1. The number of nitro groups is 1. The van der Waals surface area contributed by atoms with Crippen molar-refractivity contribution >= 4 is 22.7 Å². The van der Waals surface area contributed by atoms with Crippen LogP contribution in [0.3, 0.4) is 0 Å². The van der Waals surface area contributed by atoms with Crippen molar-refractivity contribution in [2.45, 2.75) is 6.10 Å². The van der Waals surface area contributed by atoms with Crippen LogP contribution in [0, 0.1) is 15.9 Å². The minimum absolute atomic E-state index is 0.114. The molecule has 0 spiro atoms. The Kier molecular flexibility index (Phi) is 4.08. The molecule has 0 fully saturated rings. The lowest BCUT2D eigenvalue weighted by atomic mass is 10.2. The van der Waals surface area contributed by atoms with Crippen LogP contribution in [0.5, 0.6) is 0 Å². The highest BCUT2D eigenvalue weighted by atomic mass is 32.1. The van der Waals surface area contributed by atoms with Gasteiger partial charge in [-0.25, -0.2) is 4.39 Å². The van der Waals surface area contributed by atoms with Gasteiger partial charge in [0.05, 0.1) is 17.1 Å². The Balaban J connectivity index is 2.09. The Morgan fingerprint density at radius 2 is 2.26 bits per heavy atom. The van der Waals surface area contributed by atoms with E-state index in [0.717, 1.165) is 17.7 Å². The van der Waals surface area contributed by atoms with Gasteiger partial charge in [0.2, 0.25) is 0 Å². The Hall–Kier alpha value is -1.99. The second-order valence-electron chi connectivity index (χ2n) is 3.87. The number of anilines is 1. The summed E-state index contributed by atoms with van der Waals surface area (Å²) in [5.74, 6) is -0.671. The SMILES string of the molecule is O=[N+]([O-])c1cc(F)ccc1NCC(O)c1ccsc1. The maximum atomic E-state index is 12.9. The van der Waals surface area contributed by atoms with Crippen LogP contribution in [0.2, 0.25) is 0 Å². The number of nitrogens with zero attached hydrogens (tertiary/aromatic N) is 1. The summed E-state index contributed by atoms with van der Waals surface area (Å²) >= 11 is 1.45. The third-order valence-electron chi connectivity index (χ3n) is 2.57. The Bertz CT molecular complexity index is 574. The molecule has 0 saturated carbocycles. The van der Waals surface area contributed by atoms with Gasteiger partial charge in [0, 0.05) is 6.54 Å². The molecular weight excluding hydrogens is 271 g/mol. The van der Waals surface area contributed by atoms with Gasteiger partial charge < -0.3 is 10.4 Å². The minimum Gasteiger partial charge on any atom is -0.387 e. The molecule has 0 bridgehead atoms. The fraction of sp³-hybridized carbons (Fsp3) is 0.167. The van der Waals surface area contributed by atoms with Crippen molar-refractivity contribution in [2.24, 2.45) is 0 Å². The first kappa shape index (κ1) is 13.4. The smallest absolute Gasteiger partial charge is 0.295 e. The van der Waals surface area contributed by atoms with Crippen LogP contribution < -0.4 is 5.32 Å². The Morgan fingerprint density at radius 1 is 1.47 bits per heavy atom. The summed E-state index contributed by atoms with van der Waals surface area (Å²) < 4.78 is 12.9. The van der Waals surface area contributed by atoms with Crippen LogP contribution in [0.1, 0.15) is 11.7 Å². The average molecular weight is 282 g/mol. The summed E-state index contributed by atoms with van der Waals surface area (Å²) in [5.41, 5.74) is 0.570. The molecule has 1 unspecified atom stereocenters. The van der Waals surface area contributed by atoms with E-state index in [9.17, 15) is 19.6 Å². The van der Waals surface area contributed by atoms with Crippen LogP contribution in [-0.2, 0) is 0 Å². The van der Waals surface area contributed by atoms with Gasteiger partial charge in [0.25, 0.3) is 5.69 Å². The van der Waals surface area contributed by atoms with Crippen molar-refractivity contribution in [3.8, 4) is 0 Å². The molecule has 0 aliphatic heterocycles. The first-order valence-electron chi connectivity index (χ1n) is 5.46. The average Bonchev–Trinajstić information content (AvgIpc) is 2.90. The molecule has 1 heterocycles. The summed E-state index contributed by atoms with van der Waals surface area (Å²) in [6.07, 6.45) is -0.768.